The molecule has 2 rings (SSSR count). The number of morpholine rings is 1. The molecule has 1 heterocycles. The number of nitrogens with one attached hydrogen (secondary N) is 2. The van der Waals surface area contributed by atoms with Crippen LogP contribution in [0, 0.1) is 6.92 Å². The highest BCUT2D eigenvalue weighted by Crippen LogP contribution is 2.09. The van der Waals surface area contributed by atoms with Gasteiger partial charge < -0.3 is 15.4 Å². The van der Waals surface area contributed by atoms with E-state index in [0.717, 1.165) is 31.9 Å². The SMILES string of the molecule is Cc1ccc(NCC2CNCCO2)cc1. The summed E-state index contributed by atoms with van der Waals surface area (Å²) in [6.07, 6.45) is 0.292. The Balaban J connectivity index is 1.79. The molecule has 0 bridgehead atoms. The van der Waals surface area contributed by atoms with E-state index in [4.69, 9.17) is 4.74 Å². The molecule has 1 fully saturated rings. The fourth-order valence-corrected chi connectivity index (χ4v) is 1.65. The lowest BCUT2D eigenvalue weighted by Crippen LogP contribution is -2.42. The molecule has 2 N–H and O–H groups in total. The van der Waals surface area contributed by atoms with Crippen LogP contribution in [0.15, 0.2) is 24.3 Å². The summed E-state index contributed by atoms with van der Waals surface area (Å²) in [7, 11) is 0. The van der Waals surface area contributed by atoms with E-state index in [1.54, 1.807) is 0 Å². The van der Waals surface area contributed by atoms with Crippen LogP contribution in [0.2, 0.25) is 0 Å². The minimum Gasteiger partial charge on any atom is -0.382 e. The highest BCUT2D eigenvalue weighted by molar-refractivity contribution is 5.44. The van der Waals surface area contributed by atoms with Crippen molar-refractivity contribution >= 4 is 5.69 Å². The van der Waals surface area contributed by atoms with E-state index >= 15 is 0 Å². The van der Waals surface area contributed by atoms with Gasteiger partial charge in [0.25, 0.3) is 0 Å². The van der Waals surface area contributed by atoms with Crippen molar-refractivity contribution in [3.8, 4) is 0 Å². The molecule has 0 saturated carbocycles. The van der Waals surface area contributed by atoms with Crippen molar-refractivity contribution < 1.29 is 4.74 Å². The minimum absolute atomic E-state index is 0.292. The second-order valence-corrected chi connectivity index (χ2v) is 3.94. The lowest BCUT2D eigenvalue weighted by molar-refractivity contribution is 0.0372. The fraction of sp³-hybridized carbons (Fsp3) is 0.500. The highest BCUT2D eigenvalue weighted by Gasteiger charge is 2.12. The number of benzene rings is 1. The van der Waals surface area contributed by atoms with Crippen LogP contribution in [0.1, 0.15) is 5.56 Å². The molecule has 0 spiro atoms. The van der Waals surface area contributed by atoms with E-state index in [1.807, 2.05) is 0 Å². The van der Waals surface area contributed by atoms with Gasteiger partial charge in [0, 0.05) is 25.3 Å². The molecular formula is C12H18N2O. The Hall–Kier alpha value is -1.06. The molecule has 0 radical (unpaired) electrons. The van der Waals surface area contributed by atoms with Gasteiger partial charge in [0.1, 0.15) is 0 Å². The first-order valence-corrected chi connectivity index (χ1v) is 5.47. The molecule has 0 amide bonds. The molecule has 3 heteroatoms. The van der Waals surface area contributed by atoms with Gasteiger partial charge in [-0.1, -0.05) is 17.7 Å². The second-order valence-electron chi connectivity index (χ2n) is 3.94. The topological polar surface area (TPSA) is 33.3 Å². The molecule has 1 unspecified atom stereocenters. The zero-order valence-corrected chi connectivity index (χ0v) is 9.12. The molecule has 1 saturated heterocycles. The maximum atomic E-state index is 5.60. The summed E-state index contributed by atoms with van der Waals surface area (Å²) in [6, 6.07) is 8.43. The van der Waals surface area contributed by atoms with E-state index in [-0.39, 0.29) is 0 Å². The summed E-state index contributed by atoms with van der Waals surface area (Å²) in [4.78, 5) is 0. The van der Waals surface area contributed by atoms with Crippen LogP contribution in [0.3, 0.4) is 0 Å². The van der Waals surface area contributed by atoms with Crippen molar-refractivity contribution in [1.29, 1.82) is 0 Å². The van der Waals surface area contributed by atoms with Crippen molar-refractivity contribution in [2.45, 2.75) is 13.0 Å². The Morgan fingerprint density at radius 2 is 2.20 bits per heavy atom. The summed E-state index contributed by atoms with van der Waals surface area (Å²) >= 11 is 0. The molecule has 1 atom stereocenters. The Labute approximate surface area is 90.8 Å². The molecule has 1 aliphatic rings. The summed E-state index contributed by atoms with van der Waals surface area (Å²) < 4.78 is 5.60. The average molecular weight is 206 g/mol. The standard InChI is InChI=1S/C12H18N2O/c1-10-2-4-11(5-3-10)14-9-12-8-13-6-7-15-12/h2-5,12-14H,6-9H2,1H3. The van der Waals surface area contributed by atoms with Crippen molar-refractivity contribution in [2.75, 3.05) is 31.6 Å². The van der Waals surface area contributed by atoms with Gasteiger partial charge in [-0.15, -0.1) is 0 Å². The van der Waals surface area contributed by atoms with Gasteiger partial charge in [0.15, 0.2) is 0 Å². The van der Waals surface area contributed by atoms with E-state index in [2.05, 4.69) is 41.8 Å². The number of rotatable bonds is 3. The van der Waals surface area contributed by atoms with E-state index in [1.165, 1.54) is 5.56 Å². The molecule has 82 valence electrons. The van der Waals surface area contributed by atoms with Crippen LogP contribution in [-0.2, 0) is 4.74 Å². The maximum absolute atomic E-state index is 5.60. The fourth-order valence-electron chi connectivity index (χ4n) is 1.65. The molecule has 1 aromatic rings. The summed E-state index contributed by atoms with van der Waals surface area (Å²) in [6.45, 7) is 5.70. The molecular weight excluding hydrogens is 188 g/mol. The van der Waals surface area contributed by atoms with Crippen molar-refractivity contribution in [1.82, 2.24) is 5.32 Å². The lowest BCUT2D eigenvalue weighted by Gasteiger charge is -2.24. The Bertz CT molecular complexity index is 291. The monoisotopic (exact) mass is 206 g/mol. The predicted molar refractivity (Wildman–Crippen MR) is 62.3 cm³/mol. The summed E-state index contributed by atoms with van der Waals surface area (Å²) in [5.74, 6) is 0. The number of aryl methyl sites for hydroxylation is 1. The molecule has 0 aliphatic carbocycles. The zero-order chi connectivity index (χ0) is 10.5. The summed E-state index contributed by atoms with van der Waals surface area (Å²) in [5.41, 5.74) is 2.45. The van der Waals surface area contributed by atoms with Crippen LogP contribution in [0.25, 0.3) is 0 Å². The first-order chi connectivity index (χ1) is 7.34. The lowest BCUT2D eigenvalue weighted by atomic mass is 10.2. The Kier molecular flexibility index (Phi) is 3.59. The van der Waals surface area contributed by atoms with Gasteiger partial charge in [-0.2, -0.15) is 0 Å². The minimum atomic E-state index is 0.292. The normalized spacial score (nSPS) is 21.3. The van der Waals surface area contributed by atoms with Crippen LogP contribution in [-0.4, -0.2) is 32.3 Å². The number of hydrogen-bond acceptors (Lipinski definition) is 3. The second kappa shape index (κ2) is 5.14. The zero-order valence-electron chi connectivity index (χ0n) is 9.12. The highest BCUT2D eigenvalue weighted by atomic mass is 16.5. The summed E-state index contributed by atoms with van der Waals surface area (Å²) in [5, 5.41) is 6.69. The van der Waals surface area contributed by atoms with Gasteiger partial charge >= 0.3 is 0 Å². The predicted octanol–water partition coefficient (Wildman–Crippen LogP) is 1.40. The third kappa shape index (κ3) is 3.22. The third-order valence-electron chi connectivity index (χ3n) is 2.59. The number of anilines is 1. The average Bonchev–Trinajstić information content (AvgIpc) is 2.30. The van der Waals surface area contributed by atoms with Gasteiger partial charge in [-0.25, -0.2) is 0 Å². The van der Waals surface area contributed by atoms with Gasteiger partial charge in [-0.05, 0) is 19.1 Å². The van der Waals surface area contributed by atoms with Gasteiger partial charge in [0.2, 0.25) is 0 Å². The Morgan fingerprint density at radius 3 is 2.87 bits per heavy atom. The van der Waals surface area contributed by atoms with Crippen LogP contribution < -0.4 is 10.6 Å². The first kappa shape index (κ1) is 10.5. The van der Waals surface area contributed by atoms with E-state index in [9.17, 15) is 0 Å². The number of ether oxygens (including phenoxy) is 1. The Morgan fingerprint density at radius 1 is 1.40 bits per heavy atom. The molecule has 15 heavy (non-hydrogen) atoms. The number of hydrogen-bond donors (Lipinski definition) is 2. The molecule has 0 aromatic heterocycles. The third-order valence-corrected chi connectivity index (χ3v) is 2.59. The van der Waals surface area contributed by atoms with E-state index < -0.39 is 0 Å². The van der Waals surface area contributed by atoms with Gasteiger partial charge in [0.05, 0.1) is 12.7 Å². The molecule has 1 aromatic carbocycles. The van der Waals surface area contributed by atoms with E-state index in [0.29, 0.717) is 6.10 Å². The van der Waals surface area contributed by atoms with Crippen LogP contribution >= 0.6 is 0 Å². The largest absolute Gasteiger partial charge is 0.382 e. The molecule has 3 nitrogen and oxygen atoms in total. The molecule has 1 aliphatic heterocycles. The van der Waals surface area contributed by atoms with Crippen LogP contribution in [0.4, 0.5) is 5.69 Å². The smallest absolute Gasteiger partial charge is 0.0872 e. The van der Waals surface area contributed by atoms with Crippen LogP contribution in [0.5, 0.6) is 0 Å². The van der Waals surface area contributed by atoms with Gasteiger partial charge in [-0.3, -0.25) is 0 Å². The first-order valence-electron chi connectivity index (χ1n) is 5.47. The maximum Gasteiger partial charge on any atom is 0.0872 e. The van der Waals surface area contributed by atoms with Crippen molar-refractivity contribution in [3.63, 3.8) is 0 Å². The quantitative estimate of drug-likeness (QED) is 0.784. The van der Waals surface area contributed by atoms with Crippen molar-refractivity contribution in [3.05, 3.63) is 29.8 Å². The van der Waals surface area contributed by atoms with Crippen molar-refractivity contribution in [2.24, 2.45) is 0 Å².